The van der Waals surface area contributed by atoms with Gasteiger partial charge in [0, 0.05) is 0 Å². The van der Waals surface area contributed by atoms with Crippen molar-refractivity contribution < 1.29 is 19.4 Å². The van der Waals surface area contributed by atoms with E-state index in [1.165, 1.54) is 0 Å². The van der Waals surface area contributed by atoms with Crippen LogP contribution in [0.15, 0.2) is 48.5 Å². The Labute approximate surface area is 142 Å². The van der Waals surface area contributed by atoms with Gasteiger partial charge in [-0.3, -0.25) is 4.79 Å². The van der Waals surface area contributed by atoms with Gasteiger partial charge in [0.25, 0.3) is 0 Å². The Morgan fingerprint density at radius 2 is 1.79 bits per heavy atom. The molecular weight excluding hydrogens is 304 g/mol. The van der Waals surface area contributed by atoms with Crippen LogP contribution >= 0.6 is 0 Å². The molecule has 4 heteroatoms. The van der Waals surface area contributed by atoms with Crippen molar-refractivity contribution in [3.63, 3.8) is 0 Å². The van der Waals surface area contributed by atoms with Gasteiger partial charge < -0.3 is 14.6 Å². The number of carbonyl (C=O) groups is 1. The third-order valence-corrected chi connectivity index (χ3v) is 4.82. The molecule has 1 N–H and O–H groups in total. The minimum Gasteiger partial charge on any atom is -0.493 e. The van der Waals surface area contributed by atoms with Gasteiger partial charge in [-0.25, -0.2) is 0 Å². The molecule has 0 spiro atoms. The molecule has 2 aromatic rings. The second-order valence-corrected chi connectivity index (χ2v) is 6.23. The van der Waals surface area contributed by atoms with Crippen LogP contribution in [0.1, 0.15) is 36.8 Å². The van der Waals surface area contributed by atoms with Crippen LogP contribution in [0.3, 0.4) is 0 Å². The van der Waals surface area contributed by atoms with Crippen LogP contribution in [-0.4, -0.2) is 18.2 Å². The molecule has 0 unspecified atom stereocenters. The van der Waals surface area contributed by atoms with Gasteiger partial charge in [-0.1, -0.05) is 49.2 Å². The molecule has 0 amide bonds. The highest BCUT2D eigenvalue weighted by molar-refractivity contribution is 5.82. The predicted octanol–water partition coefficient (Wildman–Crippen LogP) is 4.17. The maximum atomic E-state index is 11.8. The van der Waals surface area contributed by atoms with Gasteiger partial charge in [0.2, 0.25) is 0 Å². The summed E-state index contributed by atoms with van der Waals surface area (Å²) in [6.07, 6.45) is 3.24. The molecule has 1 saturated carbocycles. The van der Waals surface area contributed by atoms with E-state index in [2.05, 4.69) is 0 Å². The number of carboxylic acids is 1. The second-order valence-electron chi connectivity index (χ2n) is 6.23. The van der Waals surface area contributed by atoms with Crippen LogP contribution in [0.2, 0.25) is 0 Å². The van der Waals surface area contributed by atoms with E-state index in [1.54, 1.807) is 7.11 Å². The van der Waals surface area contributed by atoms with Gasteiger partial charge in [-0.2, -0.15) is 0 Å². The summed E-state index contributed by atoms with van der Waals surface area (Å²) in [5.41, 5.74) is 1.09. The summed E-state index contributed by atoms with van der Waals surface area (Å²) in [6, 6.07) is 15.4. The van der Waals surface area contributed by atoms with E-state index in [9.17, 15) is 9.90 Å². The Morgan fingerprint density at radius 1 is 1.08 bits per heavy atom. The van der Waals surface area contributed by atoms with Crippen molar-refractivity contribution in [1.82, 2.24) is 0 Å². The van der Waals surface area contributed by atoms with Crippen LogP contribution in [0, 0.1) is 0 Å². The van der Waals surface area contributed by atoms with Gasteiger partial charge in [0.15, 0.2) is 11.5 Å². The lowest BCUT2D eigenvalue weighted by molar-refractivity contribution is -0.143. The molecule has 0 bridgehead atoms. The first-order chi connectivity index (χ1) is 11.7. The molecule has 0 aromatic heterocycles. The normalized spacial score (nSPS) is 15.9. The Morgan fingerprint density at radius 3 is 2.42 bits per heavy atom. The molecule has 3 rings (SSSR count). The lowest BCUT2D eigenvalue weighted by Gasteiger charge is -2.25. The minimum atomic E-state index is -0.786. The quantitative estimate of drug-likeness (QED) is 0.865. The van der Waals surface area contributed by atoms with Crippen LogP contribution in [0.4, 0.5) is 0 Å². The molecule has 2 aromatic carbocycles. The van der Waals surface area contributed by atoms with Crippen LogP contribution in [0.25, 0.3) is 0 Å². The van der Waals surface area contributed by atoms with Crippen molar-refractivity contribution in [2.24, 2.45) is 0 Å². The number of benzene rings is 2. The summed E-state index contributed by atoms with van der Waals surface area (Å²) in [5.74, 6) is 0.458. The SMILES string of the molecule is COc1cc(C2(C(=O)O)CCCC2)ccc1OCc1ccccc1. The number of aliphatic carboxylic acids is 1. The second kappa shape index (κ2) is 6.95. The lowest BCUT2D eigenvalue weighted by atomic mass is 9.79. The molecule has 24 heavy (non-hydrogen) atoms. The molecule has 1 aliphatic carbocycles. The molecular formula is C20H22O4. The number of ether oxygens (including phenoxy) is 2. The van der Waals surface area contributed by atoms with Gasteiger partial charge in [-0.05, 0) is 36.1 Å². The van der Waals surface area contributed by atoms with Crippen LogP contribution in [0.5, 0.6) is 11.5 Å². The van der Waals surface area contributed by atoms with Crippen LogP contribution in [-0.2, 0) is 16.8 Å². The average Bonchev–Trinajstić information content (AvgIpc) is 3.12. The van der Waals surface area contributed by atoms with E-state index in [0.29, 0.717) is 30.9 Å². The van der Waals surface area contributed by atoms with Gasteiger partial charge in [0.1, 0.15) is 6.61 Å². The van der Waals surface area contributed by atoms with Gasteiger partial charge >= 0.3 is 5.97 Å². The highest BCUT2D eigenvalue weighted by atomic mass is 16.5. The summed E-state index contributed by atoms with van der Waals surface area (Å²) in [5, 5.41) is 9.73. The topological polar surface area (TPSA) is 55.8 Å². The zero-order valence-corrected chi connectivity index (χ0v) is 13.8. The van der Waals surface area contributed by atoms with Gasteiger partial charge in [0.05, 0.1) is 12.5 Å². The Balaban J connectivity index is 1.84. The Bertz CT molecular complexity index is 703. The predicted molar refractivity (Wildman–Crippen MR) is 91.5 cm³/mol. The number of rotatable bonds is 6. The fourth-order valence-electron chi connectivity index (χ4n) is 3.42. The summed E-state index contributed by atoms with van der Waals surface area (Å²) >= 11 is 0. The third kappa shape index (κ3) is 3.09. The molecule has 126 valence electrons. The molecule has 1 fully saturated rings. The van der Waals surface area contributed by atoms with E-state index in [-0.39, 0.29) is 0 Å². The first-order valence-corrected chi connectivity index (χ1v) is 8.24. The van der Waals surface area contributed by atoms with Crippen molar-refractivity contribution in [3.8, 4) is 11.5 Å². The highest BCUT2D eigenvalue weighted by Crippen LogP contribution is 2.44. The number of methoxy groups -OCH3 is 1. The zero-order chi connectivity index (χ0) is 17.0. The smallest absolute Gasteiger partial charge is 0.314 e. The van der Waals surface area contributed by atoms with Crippen molar-refractivity contribution in [3.05, 3.63) is 59.7 Å². The Hall–Kier alpha value is -2.49. The van der Waals surface area contributed by atoms with Crippen LogP contribution < -0.4 is 9.47 Å². The zero-order valence-electron chi connectivity index (χ0n) is 13.8. The fraction of sp³-hybridized carbons (Fsp3) is 0.350. The molecule has 0 saturated heterocycles. The number of carboxylic acid groups (broad SMARTS) is 1. The number of hydrogen-bond acceptors (Lipinski definition) is 3. The lowest BCUT2D eigenvalue weighted by Crippen LogP contribution is -2.32. The van der Waals surface area contributed by atoms with Crippen molar-refractivity contribution >= 4 is 5.97 Å². The third-order valence-electron chi connectivity index (χ3n) is 4.82. The van der Waals surface area contributed by atoms with E-state index >= 15 is 0 Å². The van der Waals surface area contributed by atoms with E-state index < -0.39 is 11.4 Å². The standard InChI is InChI=1S/C20H22O4/c1-23-18-13-16(20(19(21)22)11-5-6-12-20)9-10-17(18)24-14-15-7-3-2-4-8-15/h2-4,7-10,13H,5-6,11-12,14H2,1H3,(H,21,22). The van der Waals surface area contributed by atoms with Crippen molar-refractivity contribution in [2.45, 2.75) is 37.7 Å². The molecule has 0 heterocycles. The van der Waals surface area contributed by atoms with E-state index in [4.69, 9.17) is 9.47 Å². The maximum absolute atomic E-state index is 11.8. The summed E-state index contributed by atoms with van der Waals surface area (Å²) < 4.78 is 11.3. The first kappa shape index (κ1) is 16.4. The monoisotopic (exact) mass is 326 g/mol. The summed E-state index contributed by atoms with van der Waals surface area (Å²) in [4.78, 5) is 11.8. The average molecular weight is 326 g/mol. The molecule has 0 atom stereocenters. The van der Waals surface area contributed by atoms with Gasteiger partial charge in [-0.15, -0.1) is 0 Å². The highest BCUT2D eigenvalue weighted by Gasteiger charge is 2.43. The molecule has 0 aliphatic heterocycles. The first-order valence-electron chi connectivity index (χ1n) is 8.24. The van der Waals surface area contributed by atoms with Crippen molar-refractivity contribution in [1.29, 1.82) is 0 Å². The van der Waals surface area contributed by atoms with E-state index in [0.717, 1.165) is 24.0 Å². The van der Waals surface area contributed by atoms with Crippen molar-refractivity contribution in [2.75, 3.05) is 7.11 Å². The number of hydrogen-bond donors (Lipinski definition) is 1. The summed E-state index contributed by atoms with van der Waals surface area (Å²) in [7, 11) is 1.58. The fourth-order valence-corrected chi connectivity index (χ4v) is 3.42. The molecule has 0 radical (unpaired) electrons. The maximum Gasteiger partial charge on any atom is 0.314 e. The summed E-state index contributed by atoms with van der Waals surface area (Å²) in [6.45, 7) is 0.445. The molecule has 4 nitrogen and oxygen atoms in total. The largest absolute Gasteiger partial charge is 0.493 e. The minimum absolute atomic E-state index is 0.445. The van der Waals surface area contributed by atoms with E-state index in [1.807, 2.05) is 48.5 Å². The molecule has 1 aliphatic rings. The Kier molecular flexibility index (Phi) is 4.74.